The molecule has 0 aliphatic carbocycles. The van der Waals surface area contributed by atoms with Crippen LogP contribution in [0.25, 0.3) is 0 Å². The molecule has 3 aromatic rings. The van der Waals surface area contributed by atoms with Crippen LogP contribution in [0.4, 0.5) is 5.69 Å². The molecule has 4 heteroatoms. The molecule has 0 fully saturated rings. The highest BCUT2D eigenvalue weighted by Gasteiger charge is 2.11. The Bertz CT molecular complexity index is 902. The lowest BCUT2D eigenvalue weighted by Gasteiger charge is -2.10. The van der Waals surface area contributed by atoms with E-state index in [4.69, 9.17) is 4.74 Å². The maximum atomic E-state index is 12.4. The van der Waals surface area contributed by atoms with Crippen molar-refractivity contribution in [1.82, 2.24) is 0 Å². The van der Waals surface area contributed by atoms with Crippen molar-refractivity contribution in [2.24, 2.45) is 0 Å². The molecule has 0 aromatic heterocycles. The molecule has 0 saturated carbocycles. The fourth-order valence-corrected chi connectivity index (χ4v) is 2.54. The van der Waals surface area contributed by atoms with Crippen molar-refractivity contribution in [2.75, 3.05) is 5.32 Å². The fourth-order valence-electron chi connectivity index (χ4n) is 2.54. The molecule has 0 spiro atoms. The van der Waals surface area contributed by atoms with Gasteiger partial charge in [-0.05, 0) is 48.9 Å². The second-order valence-corrected chi connectivity index (χ2v) is 5.85. The Labute approximate surface area is 152 Å². The van der Waals surface area contributed by atoms with Crippen LogP contribution in [0.2, 0.25) is 0 Å². The first-order valence-corrected chi connectivity index (χ1v) is 8.31. The maximum absolute atomic E-state index is 12.4. The molecule has 0 radical (unpaired) electrons. The zero-order chi connectivity index (χ0) is 18.4. The van der Waals surface area contributed by atoms with Crippen LogP contribution in [0, 0.1) is 0 Å². The summed E-state index contributed by atoms with van der Waals surface area (Å²) in [5.74, 6) is 0.327. The van der Waals surface area contributed by atoms with Crippen LogP contribution < -0.4 is 10.1 Å². The van der Waals surface area contributed by atoms with Gasteiger partial charge in [0.05, 0.1) is 5.69 Å². The van der Waals surface area contributed by atoms with E-state index >= 15 is 0 Å². The molecule has 3 aromatic carbocycles. The van der Waals surface area contributed by atoms with Crippen molar-refractivity contribution in [3.63, 3.8) is 0 Å². The molecule has 0 unspecified atom stereocenters. The standard InChI is InChI=1S/C22H19NO3/c1-16(24)20-9-5-6-10-21(20)23-22(25)18-11-13-19(14-12-18)26-15-17-7-3-2-4-8-17/h2-14H,15H2,1H3,(H,23,25). The zero-order valence-corrected chi connectivity index (χ0v) is 14.4. The van der Waals surface area contributed by atoms with Crippen LogP contribution >= 0.6 is 0 Å². The van der Waals surface area contributed by atoms with Gasteiger partial charge in [0.15, 0.2) is 5.78 Å². The molecule has 4 nitrogen and oxygen atoms in total. The lowest BCUT2D eigenvalue weighted by atomic mass is 10.1. The molecule has 3 rings (SSSR count). The van der Waals surface area contributed by atoms with Crippen molar-refractivity contribution in [2.45, 2.75) is 13.5 Å². The van der Waals surface area contributed by atoms with Gasteiger partial charge in [0, 0.05) is 11.1 Å². The molecule has 1 N–H and O–H groups in total. The summed E-state index contributed by atoms with van der Waals surface area (Å²) in [6.45, 7) is 1.95. The van der Waals surface area contributed by atoms with Crippen LogP contribution in [0.15, 0.2) is 78.9 Å². The number of carbonyl (C=O) groups excluding carboxylic acids is 2. The first kappa shape index (κ1) is 17.4. The first-order valence-electron chi connectivity index (χ1n) is 8.31. The largest absolute Gasteiger partial charge is 0.489 e. The molecule has 0 saturated heterocycles. The Morgan fingerprint density at radius 1 is 0.846 bits per heavy atom. The minimum atomic E-state index is -0.270. The quantitative estimate of drug-likeness (QED) is 0.658. The topological polar surface area (TPSA) is 55.4 Å². The number of ketones is 1. The van der Waals surface area contributed by atoms with E-state index < -0.39 is 0 Å². The van der Waals surface area contributed by atoms with E-state index in [1.165, 1.54) is 6.92 Å². The van der Waals surface area contributed by atoms with Crippen molar-refractivity contribution < 1.29 is 14.3 Å². The number of hydrogen-bond donors (Lipinski definition) is 1. The normalized spacial score (nSPS) is 10.2. The summed E-state index contributed by atoms with van der Waals surface area (Å²) in [7, 11) is 0. The number of ether oxygens (including phenoxy) is 1. The summed E-state index contributed by atoms with van der Waals surface area (Å²) in [5.41, 5.74) is 2.57. The van der Waals surface area contributed by atoms with Crippen molar-refractivity contribution in [3.05, 3.63) is 95.6 Å². The zero-order valence-electron chi connectivity index (χ0n) is 14.4. The van der Waals surface area contributed by atoms with Crippen LogP contribution in [0.5, 0.6) is 5.75 Å². The molecular formula is C22H19NO3. The van der Waals surface area contributed by atoms with Gasteiger partial charge in [0.1, 0.15) is 12.4 Å². The molecule has 1 amide bonds. The molecule has 0 aliphatic rings. The minimum absolute atomic E-state index is 0.0921. The Hall–Kier alpha value is -3.40. The summed E-state index contributed by atoms with van der Waals surface area (Å²) in [5, 5.41) is 2.78. The first-order chi connectivity index (χ1) is 12.6. The number of carbonyl (C=O) groups is 2. The third kappa shape index (κ3) is 4.36. The average molecular weight is 345 g/mol. The predicted molar refractivity (Wildman–Crippen MR) is 102 cm³/mol. The lowest BCUT2D eigenvalue weighted by Crippen LogP contribution is -2.14. The average Bonchev–Trinajstić information content (AvgIpc) is 2.68. The van der Waals surface area contributed by atoms with Gasteiger partial charge in [0.25, 0.3) is 5.91 Å². The Kier molecular flexibility index (Phi) is 5.44. The SMILES string of the molecule is CC(=O)c1ccccc1NC(=O)c1ccc(OCc2ccccc2)cc1. The molecule has 26 heavy (non-hydrogen) atoms. The van der Waals surface area contributed by atoms with E-state index in [-0.39, 0.29) is 11.7 Å². The monoisotopic (exact) mass is 345 g/mol. The second kappa shape index (κ2) is 8.12. The van der Waals surface area contributed by atoms with E-state index in [1.54, 1.807) is 48.5 Å². The minimum Gasteiger partial charge on any atom is -0.489 e. The Morgan fingerprint density at radius 2 is 1.50 bits per heavy atom. The number of hydrogen-bond acceptors (Lipinski definition) is 3. The Balaban J connectivity index is 1.65. The number of para-hydroxylation sites is 1. The van der Waals surface area contributed by atoms with Gasteiger partial charge < -0.3 is 10.1 Å². The van der Waals surface area contributed by atoms with E-state index in [2.05, 4.69) is 5.32 Å². The number of Topliss-reactive ketones (excluding diaryl/α,β-unsaturated/α-hetero) is 1. The van der Waals surface area contributed by atoms with Crippen LogP contribution in [-0.4, -0.2) is 11.7 Å². The number of anilines is 1. The lowest BCUT2D eigenvalue weighted by molar-refractivity contribution is 0.101. The highest BCUT2D eigenvalue weighted by molar-refractivity contribution is 6.09. The molecular weight excluding hydrogens is 326 g/mol. The van der Waals surface area contributed by atoms with Gasteiger partial charge in [0.2, 0.25) is 0 Å². The van der Waals surface area contributed by atoms with Gasteiger partial charge >= 0.3 is 0 Å². The van der Waals surface area contributed by atoms with Crippen LogP contribution in [-0.2, 0) is 6.61 Å². The number of rotatable bonds is 6. The molecule has 0 bridgehead atoms. The van der Waals surface area contributed by atoms with Gasteiger partial charge in [-0.15, -0.1) is 0 Å². The van der Waals surface area contributed by atoms with Gasteiger partial charge in [-0.1, -0.05) is 42.5 Å². The fraction of sp³-hybridized carbons (Fsp3) is 0.0909. The summed E-state index contributed by atoms with van der Waals surface area (Å²) >= 11 is 0. The second-order valence-electron chi connectivity index (χ2n) is 5.85. The number of benzene rings is 3. The molecule has 0 atom stereocenters. The summed E-state index contributed by atoms with van der Waals surface area (Å²) in [4.78, 5) is 24.1. The predicted octanol–water partition coefficient (Wildman–Crippen LogP) is 4.72. The molecule has 0 aliphatic heterocycles. The van der Waals surface area contributed by atoms with Gasteiger partial charge in [-0.25, -0.2) is 0 Å². The van der Waals surface area contributed by atoms with Gasteiger partial charge in [-0.3, -0.25) is 9.59 Å². The number of nitrogens with one attached hydrogen (secondary N) is 1. The van der Waals surface area contributed by atoms with E-state index in [9.17, 15) is 9.59 Å². The highest BCUT2D eigenvalue weighted by atomic mass is 16.5. The van der Waals surface area contributed by atoms with Crippen LogP contribution in [0.3, 0.4) is 0 Å². The highest BCUT2D eigenvalue weighted by Crippen LogP contribution is 2.18. The summed E-state index contributed by atoms with van der Waals surface area (Å²) in [6, 6.07) is 23.7. The summed E-state index contributed by atoms with van der Waals surface area (Å²) in [6.07, 6.45) is 0. The van der Waals surface area contributed by atoms with Crippen molar-refractivity contribution in [3.8, 4) is 5.75 Å². The maximum Gasteiger partial charge on any atom is 0.255 e. The van der Waals surface area contributed by atoms with E-state index in [1.807, 2.05) is 30.3 Å². The third-order valence-electron chi connectivity index (χ3n) is 3.92. The van der Waals surface area contributed by atoms with E-state index in [0.717, 1.165) is 5.56 Å². The van der Waals surface area contributed by atoms with Gasteiger partial charge in [-0.2, -0.15) is 0 Å². The number of amides is 1. The molecule has 0 heterocycles. The summed E-state index contributed by atoms with van der Waals surface area (Å²) < 4.78 is 5.72. The Morgan fingerprint density at radius 3 is 2.19 bits per heavy atom. The third-order valence-corrected chi connectivity index (χ3v) is 3.92. The van der Waals surface area contributed by atoms with E-state index in [0.29, 0.717) is 29.2 Å². The molecule has 130 valence electrons. The van der Waals surface area contributed by atoms with Crippen LogP contribution in [0.1, 0.15) is 33.2 Å². The van der Waals surface area contributed by atoms with Crippen molar-refractivity contribution >= 4 is 17.4 Å². The van der Waals surface area contributed by atoms with Crippen molar-refractivity contribution in [1.29, 1.82) is 0 Å². The smallest absolute Gasteiger partial charge is 0.255 e.